The van der Waals surface area contributed by atoms with Crippen LogP contribution in [0.3, 0.4) is 0 Å². The van der Waals surface area contributed by atoms with E-state index in [1.165, 1.54) is 44.9 Å². The third kappa shape index (κ3) is 3.39. The molecule has 96 valence electrons. The summed E-state index contributed by atoms with van der Waals surface area (Å²) in [7, 11) is 0. The van der Waals surface area contributed by atoms with Gasteiger partial charge in [0.2, 0.25) is 0 Å². The molecule has 0 saturated heterocycles. The van der Waals surface area contributed by atoms with Crippen LogP contribution in [-0.2, 0) is 0 Å². The maximum atomic E-state index is 9.52. The second-order valence-corrected chi connectivity index (χ2v) is 6.75. The van der Waals surface area contributed by atoms with Gasteiger partial charge in [-0.25, -0.2) is 0 Å². The van der Waals surface area contributed by atoms with Crippen LogP contribution in [0.1, 0.15) is 51.9 Å². The maximum absolute atomic E-state index is 9.52. The Labute approximate surface area is 110 Å². The topological polar surface area (TPSA) is 35.8 Å². The average molecular weight is 252 g/mol. The van der Waals surface area contributed by atoms with Gasteiger partial charge in [-0.3, -0.25) is 5.32 Å². The Morgan fingerprint density at radius 1 is 1.24 bits per heavy atom. The first-order valence-corrected chi connectivity index (χ1v) is 8.13. The monoisotopic (exact) mass is 252 g/mol. The Morgan fingerprint density at radius 3 is 2.47 bits per heavy atom. The molecule has 1 N–H and O–H groups in total. The predicted octanol–water partition coefficient (Wildman–Crippen LogP) is 3.33. The molecule has 0 aromatic carbocycles. The third-order valence-corrected chi connectivity index (χ3v) is 5.63. The van der Waals surface area contributed by atoms with E-state index in [1.54, 1.807) is 0 Å². The molecule has 0 aromatic heterocycles. The minimum absolute atomic E-state index is 0.225. The molecule has 0 radical (unpaired) electrons. The molecule has 3 heteroatoms. The second-order valence-electron chi connectivity index (χ2n) is 5.46. The lowest BCUT2D eigenvalue weighted by atomic mass is 9.97. The summed E-state index contributed by atoms with van der Waals surface area (Å²) in [6.07, 6.45) is 9.41. The summed E-state index contributed by atoms with van der Waals surface area (Å²) in [5.41, 5.74) is -0.225. The van der Waals surface area contributed by atoms with Crippen LogP contribution in [0.25, 0.3) is 0 Å². The van der Waals surface area contributed by atoms with E-state index in [1.807, 2.05) is 0 Å². The van der Waals surface area contributed by atoms with Crippen LogP contribution in [0, 0.1) is 17.2 Å². The molecule has 0 heterocycles. The van der Waals surface area contributed by atoms with Crippen molar-refractivity contribution in [2.45, 2.75) is 62.7 Å². The van der Waals surface area contributed by atoms with Crippen molar-refractivity contribution in [2.75, 3.05) is 12.3 Å². The highest BCUT2D eigenvalue weighted by atomic mass is 32.2. The maximum Gasteiger partial charge on any atom is 0.118 e. The van der Waals surface area contributed by atoms with Crippen molar-refractivity contribution in [3.05, 3.63) is 0 Å². The molecule has 2 nitrogen and oxygen atoms in total. The van der Waals surface area contributed by atoms with Crippen LogP contribution in [0.15, 0.2) is 0 Å². The summed E-state index contributed by atoms with van der Waals surface area (Å²) >= 11 is 2.05. The van der Waals surface area contributed by atoms with Gasteiger partial charge in [-0.1, -0.05) is 26.2 Å². The van der Waals surface area contributed by atoms with E-state index in [0.717, 1.165) is 17.5 Å². The molecule has 2 fully saturated rings. The number of thioether (sulfide) groups is 1. The number of hydrogen-bond acceptors (Lipinski definition) is 3. The van der Waals surface area contributed by atoms with Crippen molar-refractivity contribution >= 4 is 11.8 Å². The molecule has 2 saturated carbocycles. The van der Waals surface area contributed by atoms with Crippen LogP contribution in [0.4, 0.5) is 0 Å². The van der Waals surface area contributed by atoms with E-state index in [4.69, 9.17) is 0 Å². The lowest BCUT2D eigenvalue weighted by Gasteiger charge is -2.30. The van der Waals surface area contributed by atoms with E-state index in [0.29, 0.717) is 5.92 Å². The van der Waals surface area contributed by atoms with E-state index in [-0.39, 0.29) is 5.54 Å². The molecule has 0 aromatic rings. The van der Waals surface area contributed by atoms with Gasteiger partial charge in [0, 0.05) is 11.0 Å². The van der Waals surface area contributed by atoms with Gasteiger partial charge >= 0.3 is 0 Å². The number of nitrogens with zero attached hydrogens (tertiary/aromatic N) is 1. The molecule has 17 heavy (non-hydrogen) atoms. The summed E-state index contributed by atoms with van der Waals surface area (Å²) in [5.74, 6) is 1.61. The first-order chi connectivity index (χ1) is 8.30. The van der Waals surface area contributed by atoms with E-state index < -0.39 is 0 Å². The average Bonchev–Trinajstić information content (AvgIpc) is 3.20. The first-order valence-electron chi connectivity index (χ1n) is 7.08. The summed E-state index contributed by atoms with van der Waals surface area (Å²) in [6, 6.07) is 2.59. The third-order valence-electron chi connectivity index (χ3n) is 4.06. The van der Waals surface area contributed by atoms with Crippen LogP contribution < -0.4 is 5.32 Å². The van der Waals surface area contributed by atoms with E-state index in [9.17, 15) is 5.26 Å². The largest absolute Gasteiger partial charge is 0.299 e. The zero-order valence-corrected chi connectivity index (χ0v) is 11.7. The molecule has 2 rings (SSSR count). The van der Waals surface area contributed by atoms with Crippen LogP contribution >= 0.6 is 11.8 Å². The molecular formula is C14H24N2S. The van der Waals surface area contributed by atoms with Crippen molar-refractivity contribution in [3.8, 4) is 6.07 Å². The van der Waals surface area contributed by atoms with Crippen LogP contribution in [0.5, 0.6) is 0 Å². The first kappa shape index (κ1) is 13.2. The summed E-state index contributed by atoms with van der Waals surface area (Å²) < 4.78 is 0. The van der Waals surface area contributed by atoms with Gasteiger partial charge < -0.3 is 0 Å². The van der Waals surface area contributed by atoms with Crippen molar-refractivity contribution in [3.63, 3.8) is 0 Å². The van der Waals surface area contributed by atoms with Crippen molar-refractivity contribution in [1.82, 2.24) is 5.32 Å². The summed E-state index contributed by atoms with van der Waals surface area (Å²) in [6.45, 7) is 3.02. The molecule has 1 unspecified atom stereocenters. The SMILES string of the molecule is CCNC(C#N)(CSC1CCCCC1)C1CC1. The zero-order valence-electron chi connectivity index (χ0n) is 10.9. The fraction of sp³-hybridized carbons (Fsp3) is 0.929. The minimum atomic E-state index is -0.225. The van der Waals surface area contributed by atoms with Gasteiger partial charge in [-0.05, 0) is 38.1 Å². The van der Waals surface area contributed by atoms with Gasteiger partial charge in [0.15, 0.2) is 0 Å². The number of hydrogen-bond donors (Lipinski definition) is 1. The van der Waals surface area contributed by atoms with Gasteiger partial charge in [-0.15, -0.1) is 0 Å². The molecule has 1 atom stereocenters. The van der Waals surface area contributed by atoms with Crippen molar-refractivity contribution < 1.29 is 0 Å². The Balaban J connectivity index is 1.86. The standard InChI is InChI=1S/C14H24N2S/c1-2-16-14(10-15,12-8-9-12)11-17-13-6-4-3-5-7-13/h12-13,16H,2-9,11H2,1H3. The van der Waals surface area contributed by atoms with Crippen LogP contribution in [-0.4, -0.2) is 23.1 Å². The van der Waals surface area contributed by atoms with Crippen molar-refractivity contribution in [1.29, 1.82) is 5.26 Å². The van der Waals surface area contributed by atoms with Gasteiger partial charge in [-0.2, -0.15) is 17.0 Å². The highest BCUT2D eigenvalue weighted by molar-refractivity contribution is 8.00. The number of nitrogens with one attached hydrogen (secondary N) is 1. The molecule has 0 amide bonds. The normalized spacial score (nSPS) is 25.2. The van der Waals surface area contributed by atoms with Crippen LogP contribution in [0.2, 0.25) is 0 Å². The minimum Gasteiger partial charge on any atom is -0.299 e. The number of rotatable bonds is 6. The molecule has 2 aliphatic rings. The molecule has 0 aliphatic heterocycles. The molecular weight excluding hydrogens is 228 g/mol. The molecule has 0 bridgehead atoms. The summed E-state index contributed by atoms with van der Waals surface area (Å²) in [5, 5.41) is 13.8. The Morgan fingerprint density at radius 2 is 1.94 bits per heavy atom. The van der Waals surface area contributed by atoms with E-state index in [2.05, 4.69) is 30.1 Å². The predicted molar refractivity (Wildman–Crippen MR) is 74.1 cm³/mol. The lowest BCUT2D eigenvalue weighted by molar-refractivity contribution is 0.414. The Hall–Kier alpha value is -0.200. The Bertz CT molecular complexity index is 276. The highest BCUT2D eigenvalue weighted by Gasteiger charge is 2.45. The number of nitriles is 1. The van der Waals surface area contributed by atoms with Gasteiger partial charge in [0.05, 0.1) is 6.07 Å². The fourth-order valence-corrected chi connectivity index (χ4v) is 4.42. The Kier molecular flexibility index (Phi) is 4.76. The van der Waals surface area contributed by atoms with Crippen molar-refractivity contribution in [2.24, 2.45) is 5.92 Å². The molecule has 2 aliphatic carbocycles. The second kappa shape index (κ2) is 6.11. The quantitative estimate of drug-likeness (QED) is 0.787. The molecule has 0 spiro atoms. The smallest absolute Gasteiger partial charge is 0.118 e. The lowest BCUT2D eigenvalue weighted by Crippen LogP contribution is -2.48. The van der Waals surface area contributed by atoms with Gasteiger partial charge in [0.1, 0.15) is 5.54 Å². The highest BCUT2D eigenvalue weighted by Crippen LogP contribution is 2.42. The fourth-order valence-electron chi connectivity index (χ4n) is 2.85. The van der Waals surface area contributed by atoms with E-state index >= 15 is 0 Å². The van der Waals surface area contributed by atoms with Gasteiger partial charge in [0.25, 0.3) is 0 Å². The zero-order chi connectivity index (χ0) is 12.1. The summed E-state index contributed by atoms with van der Waals surface area (Å²) in [4.78, 5) is 0.